The highest BCUT2D eigenvalue weighted by atomic mass is 15.1. The Labute approximate surface area is 304 Å². The van der Waals surface area contributed by atoms with Crippen molar-refractivity contribution < 1.29 is 0 Å². The zero-order valence-corrected chi connectivity index (χ0v) is 28.4. The number of aromatic nitrogens is 6. The molecule has 0 amide bonds. The van der Waals surface area contributed by atoms with Crippen LogP contribution in [-0.2, 0) is 0 Å². The molecular weight excluding hydrogens is 651 g/mol. The minimum absolute atomic E-state index is 0.469. The van der Waals surface area contributed by atoms with Gasteiger partial charge in [-0.1, -0.05) is 91.0 Å². The number of hydrogen-bond donors (Lipinski definition) is 0. The van der Waals surface area contributed by atoms with E-state index in [0.29, 0.717) is 28.3 Å². The molecule has 10 rings (SSSR count). The summed E-state index contributed by atoms with van der Waals surface area (Å²) < 4.78 is 6.46. The van der Waals surface area contributed by atoms with Gasteiger partial charge in [0.15, 0.2) is 0 Å². The fourth-order valence-electron chi connectivity index (χ4n) is 7.39. The van der Waals surface area contributed by atoms with Crippen molar-refractivity contribution in [2.24, 2.45) is 0 Å². The minimum atomic E-state index is 0.469. The van der Waals surface area contributed by atoms with Gasteiger partial charge in [-0.2, -0.15) is 5.26 Å². The van der Waals surface area contributed by atoms with Crippen LogP contribution in [0.25, 0.3) is 84.3 Å². The Balaban J connectivity index is 1.36. The SMILES string of the molecule is N#Cc1c(-c2nc3ccccc3n2-c2ccccc2)cc(-c2nc3ccccc3n2-c2ccccc2)cc1-c1nc2ccccc2n1-c1ccccc1. The van der Waals surface area contributed by atoms with Gasteiger partial charge in [-0.3, -0.25) is 13.7 Å². The molecule has 53 heavy (non-hydrogen) atoms. The van der Waals surface area contributed by atoms with Crippen LogP contribution in [-0.4, -0.2) is 28.7 Å². The van der Waals surface area contributed by atoms with Gasteiger partial charge >= 0.3 is 0 Å². The normalized spacial score (nSPS) is 11.4. The quantitative estimate of drug-likeness (QED) is 0.175. The summed E-state index contributed by atoms with van der Waals surface area (Å²) in [6.07, 6.45) is 0. The molecule has 0 spiro atoms. The Kier molecular flexibility index (Phi) is 7.05. The number of para-hydroxylation sites is 9. The molecule has 7 aromatic carbocycles. The number of imidazole rings is 3. The molecule has 0 N–H and O–H groups in total. The van der Waals surface area contributed by atoms with Crippen molar-refractivity contribution in [1.29, 1.82) is 5.26 Å². The summed E-state index contributed by atoms with van der Waals surface area (Å²) in [5.41, 5.74) is 10.9. The van der Waals surface area contributed by atoms with Crippen LogP contribution in [0.15, 0.2) is 176 Å². The highest BCUT2D eigenvalue weighted by Crippen LogP contribution is 2.41. The van der Waals surface area contributed by atoms with Gasteiger partial charge in [-0.05, 0) is 84.9 Å². The van der Waals surface area contributed by atoms with Gasteiger partial charge in [0.05, 0.1) is 38.7 Å². The van der Waals surface area contributed by atoms with Gasteiger partial charge in [-0.25, -0.2) is 15.0 Å². The fraction of sp³-hybridized carbons (Fsp3) is 0. The first-order valence-corrected chi connectivity index (χ1v) is 17.4. The van der Waals surface area contributed by atoms with Crippen molar-refractivity contribution >= 4 is 33.1 Å². The number of fused-ring (bicyclic) bond motifs is 3. The van der Waals surface area contributed by atoms with Gasteiger partial charge in [0.25, 0.3) is 0 Å². The van der Waals surface area contributed by atoms with E-state index in [2.05, 4.69) is 86.5 Å². The average Bonchev–Trinajstić information content (AvgIpc) is 3.93. The topological polar surface area (TPSA) is 77.2 Å². The maximum absolute atomic E-state index is 11.3. The van der Waals surface area contributed by atoms with E-state index in [1.165, 1.54) is 0 Å². The molecule has 0 unspecified atom stereocenters. The minimum Gasteiger partial charge on any atom is -0.292 e. The van der Waals surface area contributed by atoms with Crippen LogP contribution in [0.3, 0.4) is 0 Å². The predicted octanol–water partition coefficient (Wildman–Crippen LogP) is 10.6. The summed E-state index contributed by atoms with van der Waals surface area (Å²) in [6.45, 7) is 0. The smallest absolute Gasteiger partial charge is 0.147 e. The zero-order chi connectivity index (χ0) is 35.3. The first-order valence-electron chi connectivity index (χ1n) is 17.4. The first kappa shape index (κ1) is 30.3. The van der Waals surface area contributed by atoms with Gasteiger partial charge in [-0.15, -0.1) is 0 Å². The maximum atomic E-state index is 11.3. The van der Waals surface area contributed by atoms with Crippen molar-refractivity contribution in [2.45, 2.75) is 0 Å². The number of nitriles is 1. The molecule has 248 valence electrons. The molecule has 0 bridgehead atoms. The third-order valence-electron chi connectivity index (χ3n) is 9.72. The van der Waals surface area contributed by atoms with Gasteiger partial charge < -0.3 is 0 Å². The van der Waals surface area contributed by atoms with E-state index in [4.69, 9.17) is 15.0 Å². The van der Waals surface area contributed by atoms with Crippen LogP contribution < -0.4 is 0 Å². The second-order valence-corrected chi connectivity index (χ2v) is 12.8. The lowest BCUT2D eigenvalue weighted by Gasteiger charge is -2.17. The molecular formula is C46H29N7. The zero-order valence-electron chi connectivity index (χ0n) is 28.4. The first-order chi connectivity index (χ1) is 26.3. The second-order valence-electron chi connectivity index (χ2n) is 12.8. The third kappa shape index (κ3) is 4.93. The number of rotatable bonds is 6. The van der Waals surface area contributed by atoms with E-state index < -0.39 is 0 Å². The molecule has 7 nitrogen and oxygen atoms in total. The lowest BCUT2D eigenvalue weighted by molar-refractivity contribution is 1.08. The van der Waals surface area contributed by atoms with Crippen LogP contribution in [0.5, 0.6) is 0 Å². The molecule has 3 heterocycles. The van der Waals surface area contributed by atoms with Gasteiger partial charge in [0.2, 0.25) is 0 Å². The molecule has 0 aliphatic carbocycles. The molecule has 0 saturated heterocycles. The van der Waals surface area contributed by atoms with Crippen LogP contribution >= 0.6 is 0 Å². The van der Waals surface area contributed by atoms with Crippen molar-refractivity contribution in [2.75, 3.05) is 0 Å². The molecule has 0 fully saturated rings. The van der Waals surface area contributed by atoms with Crippen LogP contribution in [0.2, 0.25) is 0 Å². The van der Waals surface area contributed by atoms with Crippen molar-refractivity contribution in [3.05, 3.63) is 181 Å². The fourth-order valence-corrected chi connectivity index (χ4v) is 7.39. The van der Waals surface area contributed by atoms with Crippen LogP contribution in [0, 0.1) is 11.3 Å². The molecule has 0 saturated carbocycles. The summed E-state index contributed by atoms with van der Waals surface area (Å²) in [6, 6.07) is 61.7. The Bertz CT molecular complexity index is 2860. The largest absolute Gasteiger partial charge is 0.292 e. The summed E-state index contributed by atoms with van der Waals surface area (Å²) in [5.74, 6) is 2.05. The molecule has 0 radical (unpaired) electrons. The number of benzene rings is 7. The van der Waals surface area contributed by atoms with E-state index in [1.807, 2.05) is 109 Å². The van der Waals surface area contributed by atoms with E-state index in [0.717, 1.165) is 61.6 Å². The lowest BCUT2D eigenvalue weighted by Crippen LogP contribution is -2.04. The van der Waals surface area contributed by atoms with Gasteiger partial charge in [0.1, 0.15) is 23.5 Å². The van der Waals surface area contributed by atoms with Crippen molar-refractivity contribution in [1.82, 2.24) is 28.7 Å². The lowest BCUT2D eigenvalue weighted by atomic mass is 9.96. The van der Waals surface area contributed by atoms with Crippen LogP contribution in [0.1, 0.15) is 5.56 Å². The number of hydrogen-bond acceptors (Lipinski definition) is 4. The summed E-state index contributed by atoms with van der Waals surface area (Å²) in [7, 11) is 0. The Morgan fingerprint density at radius 3 is 1.08 bits per heavy atom. The van der Waals surface area contributed by atoms with E-state index in [-0.39, 0.29) is 0 Å². The monoisotopic (exact) mass is 679 g/mol. The van der Waals surface area contributed by atoms with Crippen molar-refractivity contribution in [3.63, 3.8) is 0 Å². The van der Waals surface area contributed by atoms with E-state index >= 15 is 0 Å². The predicted molar refractivity (Wildman–Crippen MR) is 211 cm³/mol. The highest BCUT2D eigenvalue weighted by molar-refractivity contribution is 5.93. The Morgan fingerprint density at radius 2 is 0.698 bits per heavy atom. The summed E-state index contributed by atoms with van der Waals surface area (Å²) in [4.78, 5) is 15.7. The van der Waals surface area contributed by atoms with Gasteiger partial charge in [0, 0.05) is 33.8 Å². The van der Waals surface area contributed by atoms with Crippen molar-refractivity contribution in [3.8, 4) is 57.3 Å². The molecule has 10 aromatic rings. The summed E-state index contributed by atoms with van der Waals surface area (Å²) in [5, 5.41) is 11.3. The maximum Gasteiger partial charge on any atom is 0.147 e. The second kappa shape index (κ2) is 12.3. The van der Waals surface area contributed by atoms with E-state index in [9.17, 15) is 5.26 Å². The average molecular weight is 680 g/mol. The van der Waals surface area contributed by atoms with Crippen LogP contribution in [0.4, 0.5) is 0 Å². The Hall–Kier alpha value is -7.56. The van der Waals surface area contributed by atoms with E-state index in [1.54, 1.807) is 0 Å². The molecule has 3 aromatic heterocycles. The Morgan fingerprint density at radius 1 is 0.377 bits per heavy atom. The highest BCUT2D eigenvalue weighted by Gasteiger charge is 2.26. The summed E-state index contributed by atoms with van der Waals surface area (Å²) >= 11 is 0. The molecule has 7 heteroatoms. The molecule has 0 aliphatic heterocycles. The standard InChI is InChI=1S/C46H29N7/c47-30-37-35(45-49-39-23-11-14-26-42(39)52(45)33-18-6-2-7-19-33)28-31(44-48-38-22-10-13-25-41(38)51(44)32-16-4-1-5-17-32)29-36(37)46-50-40-24-12-15-27-43(40)53(46)34-20-8-3-9-21-34/h1-29H. The number of nitrogens with zero attached hydrogens (tertiary/aromatic N) is 7. The third-order valence-corrected chi connectivity index (χ3v) is 9.72. The molecule has 0 atom stereocenters. The molecule has 0 aliphatic rings.